The lowest BCUT2D eigenvalue weighted by Crippen LogP contribution is -1.83. The fourth-order valence-corrected chi connectivity index (χ4v) is 0. The molecule has 2 nitrogen and oxygen atoms in total. The molecule has 0 rings (SSSR count). The van der Waals surface area contributed by atoms with Gasteiger partial charge in [-0.25, -0.2) is 0 Å². The second-order valence-corrected chi connectivity index (χ2v) is 0.408. The summed E-state index contributed by atoms with van der Waals surface area (Å²) in [4.78, 5) is 0. The molecular weight excluding hydrogens is 84.4 g/mol. The topological polar surface area (TPSA) is 52.0 Å². The fourth-order valence-electron chi connectivity index (χ4n) is 0. The van der Waals surface area contributed by atoms with Crippen molar-refractivity contribution in [3.8, 4) is 0 Å². The zero-order chi connectivity index (χ0) is 2.71. The summed E-state index contributed by atoms with van der Waals surface area (Å²) in [5, 5.41) is 9.08. The fraction of sp³-hybridized carbons (Fsp3) is 0. The molecule has 0 aliphatic carbocycles. The summed E-state index contributed by atoms with van der Waals surface area (Å²) < 4.78 is 0. The van der Waals surface area contributed by atoms with Crippen molar-refractivity contribution in [1.82, 2.24) is 0 Å². The molecule has 0 unspecified atom stereocenters. The summed E-state index contributed by atoms with van der Waals surface area (Å²) in [5.41, 5.74) is 0. The van der Waals surface area contributed by atoms with Gasteiger partial charge >= 0.3 is 0 Å². The van der Waals surface area contributed by atoms with Crippen LogP contribution in [-0.2, 0) is 0 Å². The van der Waals surface area contributed by atoms with Crippen molar-refractivity contribution in [1.29, 1.82) is 0 Å². The Bertz CT molecular complexity index is 6.00. The lowest BCUT2D eigenvalue weighted by molar-refractivity contribution is 1.91. The third kappa shape index (κ3) is 11.7. The molecule has 2 radical (unpaired) electrons. The first-order chi connectivity index (χ1) is 1.41. The van der Waals surface area contributed by atoms with E-state index >= 15 is 0 Å². The van der Waals surface area contributed by atoms with E-state index in [1.165, 1.54) is 0 Å². The van der Waals surface area contributed by atoms with E-state index in [1.807, 2.05) is 0 Å². The largest absolute Gasteiger partial charge is 0.265 e. The highest BCUT2D eigenvalue weighted by Gasteiger charge is 1.29. The lowest BCUT2D eigenvalue weighted by atomic mass is 13.9. The SMILES string of the molecule is NSN.[Mg]. The molecule has 4 heavy (non-hydrogen) atoms. The van der Waals surface area contributed by atoms with E-state index in [4.69, 9.17) is 0 Å². The van der Waals surface area contributed by atoms with Crippen LogP contribution in [0.4, 0.5) is 0 Å². The lowest BCUT2D eigenvalue weighted by Gasteiger charge is -1.55. The molecule has 0 bridgehead atoms. The van der Waals surface area contributed by atoms with Gasteiger partial charge in [-0.3, -0.25) is 10.3 Å². The maximum Gasteiger partial charge on any atom is 0 e. The van der Waals surface area contributed by atoms with Gasteiger partial charge in [0.05, 0.1) is 0 Å². The van der Waals surface area contributed by atoms with Gasteiger partial charge in [0.1, 0.15) is 0 Å². The number of rotatable bonds is 0. The minimum atomic E-state index is 0. The van der Waals surface area contributed by atoms with Gasteiger partial charge in [0.15, 0.2) is 0 Å². The highest BCUT2D eigenvalue weighted by molar-refractivity contribution is 7.94. The third-order valence-corrected chi connectivity index (χ3v) is 0. The van der Waals surface area contributed by atoms with E-state index in [0.717, 1.165) is 12.1 Å². The molecule has 0 spiro atoms. The van der Waals surface area contributed by atoms with Crippen LogP contribution in [-0.4, -0.2) is 23.1 Å². The summed E-state index contributed by atoms with van der Waals surface area (Å²) in [7, 11) is 0. The van der Waals surface area contributed by atoms with Crippen molar-refractivity contribution in [2.45, 2.75) is 0 Å². The molecule has 0 saturated carbocycles. The van der Waals surface area contributed by atoms with E-state index in [1.54, 1.807) is 0 Å². The Hall–Kier alpha value is 1.04. The predicted molar refractivity (Wildman–Crippen MR) is 21.7 cm³/mol. The maximum atomic E-state index is 4.54. The van der Waals surface area contributed by atoms with Crippen molar-refractivity contribution < 1.29 is 0 Å². The van der Waals surface area contributed by atoms with Crippen LogP contribution in [0.25, 0.3) is 0 Å². The second kappa shape index (κ2) is 8.97. The van der Waals surface area contributed by atoms with Crippen LogP contribution >= 0.6 is 12.1 Å². The van der Waals surface area contributed by atoms with Gasteiger partial charge in [-0.15, -0.1) is 0 Å². The van der Waals surface area contributed by atoms with E-state index in [2.05, 4.69) is 10.3 Å². The zero-order valence-corrected chi connectivity index (χ0v) is 4.50. The van der Waals surface area contributed by atoms with Crippen LogP contribution in [0.5, 0.6) is 0 Å². The van der Waals surface area contributed by atoms with Crippen LogP contribution in [0.15, 0.2) is 0 Å². The van der Waals surface area contributed by atoms with Crippen LogP contribution in [0.1, 0.15) is 0 Å². The summed E-state index contributed by atoms with van der Waals surface area (Å²) in [6.07, 6.45) is 0. The van der Waals surface area contributed by atoms with Gasteiger partial charge in [-0.05, 0) is 12.1 Å². The van der Waals surface area contributed by atoms with Crippen molar-refractivity contribution >= 4 is 35.2 Å². The van der Waals surface area contributed by atoms with Crippen molar-refractivity contribution in [3.63, 3.8) is 0 Å². The Kier molecular flexibility index (Phi) is 20.0. The molecule has 4 heteroatoms. The highest BCUT2D eigenvalue weighted by atomic mass is 32.2. The summed E-state index contributed by atoms with van der Waals surface area (Å²) in [6.45, 7) is 0. The molecule has 0 fully saturated rings. The molecule has 0 aromatic rings. The molecule has 0 aliphatic rings. The molecule has 4 N–H and O–H groups in total. The van der Waals surface area contributed by atoms with Gasteiger partial charge in [0.25, 0.3) is 0 Å². The molecule has 0 aliphatic heterocycles. The Morgan fingerprint density at radius 3 is 1.25 bits per heavy atom. The van der Waals surface area contributed by atoms with Crippen molar-refractivity contribution in [2.24, 2.45) is 10.3 Å². The summed E-state index contributed by atoms with van der Waals surface area (Å²) >= 11 is 0.750. The molecule has 0 aromatic carbocycles. The molecular formula is H4MgN2S. The molecule has 0 saturated heterocycles. The van der Waals surface area contributed by atoms with Crippen LogP contribution in [0, 0.1) is 0 Å². The van der Waals surface area contributed by atoms with Gasteiger partial charge in [-0.2, -0.15) is 0 Å². The first-order valence-corrected chi connectivity index (χ1v) is 1.41. The number of hydrogen-bond donors (Lipinski definition) is 2. The molecule has 22 valence electrons. The van der Waals surface area contributed by atoms with Gasteiger partial charge in [0.2, 0.25) is 0 Å². The predicted octanol–water partition coefficient (Wildman–Crippen LogP) is -0.914. The molecule has 0 amide bonds. The highest BCUT2D eigenvalue weighted by Crippen LogP contribution is 1.46. The molecule has 0 atom stereocenters. The smallest absolute Gasteiger partial charge is 0 e. The minimum Gasteiger partial charge on any atom is -0.265 e. The number of hydrogen-bond acceptors (Lipinski definition) is 3. The average Bonchev–Trinajstić information content (AvgIpc) is 0.918. The van der Waals surface area contributed by atoms with E-state index in [9.17, 15) is 0 Å². The van der Waals surface area contributed by atoms with E-state index in [0.29, 0.717) is 0 Å². The average molecular weight is 88.4 g/mol. The first-order valence-electron chi connectivity index (χ1n) is 0.471. The Morgan fingerprint density at radius 2 is 1.25 bits per heavy atom. The third-order valence-electron chi connectivity index (χ3n) is 0. The standard InChI is InChI=1S/Mg.H4N2S/c;1-3-2/h;1-2H2. The molecule has 0 heterocycles. The zero-order valence-electron chi connectivity index (χ0n) is 2.27. The monoisotopic (exact) mass is 88.0 g/mol. The normalized spacial score (nSPS) is 4.50. The second-order valence-electron chi connectivity index (χ2n) is 0.136. The van der Waals surface area contributed by atoms with E-state index in [-0.39, 0.29) is 23.1 Å². The maximum absolute atomic E-state index is 4.54. The Balaban J connectivity index is 0. The number of nitrogens with two attached hydrogens (primary N) is 2. The Morgan fingerprint density at radius 1 is 1.25 bits per heavy atom. The van der Waals surface area contributed by atoms with Gasteiger partial charge in [0, 0.05) is 23.1 Å². The minimum absolute atomic E-state index is 0. The van der Waals surface area contributed by atoms with Crippen molar-refractivity contribution in [2.75, 3.05) is 0 Å². The Labute approximate surface area is 45.7 Å². The molecule has 0 aromatic heterocycles. The van der Waals surface area contributed by atoms with Crippen LogP contribution in [0.2, 0.25) is 0 Å². The summed E-state index contributed by atoms with van der Waals surface area (Å²) in [5.74, 6) is 0. The quantitative estimate of drug-likeness (QED) is 0.298. The summed E-state index contributed by atoms with van der Waals surface area (Å²) in [6, 6.07) is 0. The van der Waals surface area contributed by atoms with Gasteiger partial charge in [-0.1, -0.05) is 0 Å². The van der Waals surface area contributed by atoms with Crippen LogP contribution in [0.3, 0.4) is 0 Å². The van der Waals surface area contributed by atoms with Crippen molar-refractivity contribution in [3.05, 3.63) is 0 Å². The van der Waals surface area contributed by atoms with E-state index < -0.39 is 0 Å². The van der Waals surface area contributed by atoms with Crippen LogP contribution < -0.4 is 10.3 Å². The van der Waals surface area contributed by atoms with Gasteiger partial charge < -0.3 is 0 Å². The first kappa shape index (κ1) is 8.90.